The molecule has 1 unspecified atom stereocenters. The molecule has 0 amide bonds. The van der Waals surface area contributed by atoms with Gasteiger partial charge in [-0.05, 0) is 49.7 Å². The normalized spacial score (nSPS) is 11.8. The molecular formula is C19H18BrN3O3. The Morgan fingerprint density at radius 3 is 2.69 bits per heavy atom. The maximum absolute atomic E-state index is 9.23. The fraction of sp³-hybridized carbons (Fsp3) is 0.263. The molecule has 1 N–H and O–H groups in total. The maximum Gasteiger partial charge on any atom is 0.266 e. The number of aromatic nitrogens is 1. The Bertz CT molecular complexity index is 909. The van der Waals surface area contributed by atoms with Crippen LogP contribution in [0, 0.1) is 11.3 Å². The average molecular weight is 416 g/mol. The van der Waals surface area contributed by atoms with Crippen LogP contribution in [0.3, 0.4) is 0 Å². The average Bonchev–Trinajstić information content (AvgIpc) is 3.27. The molecule has 0 spiro atoms. The van der Waals surface area contributed by atoms with Crippen LogP contribution < -0.4 is 10.1 Å². The van der Waals surface area contributed by atoms with E-state index >= 15 is 0 Å². The van der Waals surface area contributed by atoms with Gasteiger partial charge in [-0.3, -0.25) is 0 Å². The lowest BCUT2D eigenvalue weighted by Gasteiger charge is -2.08. The number of nitrogens with zero attached hydrogens (tertiary/aromatic N) is 2. The van der Waals surface area contributed by atoms with Gasteiger partial charge < -0.3 is 18.9 Å². The van der Waals surface area contributed by atoms with E-state index < -0.39 is 0 Å². The fourth-order valence-corrected chi connectivity index (χ4v) is 2.45. The minimum Gasteiger partial charge on any atom is -0.486 e. The van der Waals surface area contributed by atoms with E-state index in [9.17, 15) is 5.26 Å². The molecular weight excluding hydrogens is 398 g/mol. The van der Waals surface area contributed by atoms with Gasteiger partial charge in [-0.1, -0.05) is 22.9 Å². The molecule has 3 rings (SSSR count). The van der Waals surface area contributed by atoms with Crippen LogP contribution in [-0.2, 0) is 6.61 Å². The van der Waals surface area contributed by atoms with Crippen LogP contribution in [0.4, 0.5) is 5.88 Å². The highest BCUT2D eigenvalue weighted by atomic mass is 79.9. The number of nitrogens with one attached hydrogen (secondary N) is 1. The zero-order valence-corrected chi connectivity index (χ0v) is 16.0. The van der Waals surface area contributed by atoms with Crippen molar-refractivity contribution in [3.05, 3.63) is 52.3 Å². The first-order chi connectivity index (χ1) is 12.6. The molecule has 0 aliphatic rings. The first-order valence-corrected chi connectivity index (χ1v) is 9.03. The molecule has 26 heavy (non-hydrogen) atoms. The summed E-state index contributed by atoms with van der Waals surface area (Å²) in [4.78, 5) is 4.20. The van der Waals surface area contributed by atoms with Crippen LogP contribution >= 0.6 is 15.9 Å². The van der Waals surface area contributed by atoms with Crippen LogP contribution in [0.2, 0.25) is 0 Å². The summed E-state index contributed by atoms with van der Waals surface area (Å²) in [7, 11) is 0. The fourth-order valence-electron chi connectivity index (χ4n) is 2.18. The number of anilines is 1. The summed E-state index contributed by atoms with van der Waals surface area (Å²) in [6.45, 7) is 4.34. The molecule has 0 fully saturated rings. The van der Waals surface area contributed by atoms with Gasteiger partial charge in [-0.15, -0.1) is 0 Å². The summed E-state index contributed by atoms with van der Waals surface area (Å²) in [5.41, 5.74) is 0.212. The van der Waals surface area contributed by atoms with Crippen LogP contribution in [0.1, 0.15) is 31.7 Å². The zero-order chi connectivity index (χ0) is 18.5. The number of halogens is 1. The second-order valence-electron chi connectivity index (χ2n) is 5.77. The van der Waals surface area contributed by atoms with E-state index in [2.05, 4.69) is 26.2 Å². The Labute approximate surface area is 159 Å². The van der Waals surface area contributed by atoms with Crippen LogP contribution in [0.25, 0.3) is 11.7 Å². The van der Waals surface area contributed by atoms with Crippen molar-refractivity contribution in [3.8, 4) is 23.5 Å². The van der Waals surface area contributed by atoms with Crippen molar-refractivity contribution in [1.29, 1.82) is 5.26 Å². The minimum atomic E-state index is 0.175. The maximum atomic E-state index is 9.23. The summed E-state index contributed by atoms with van der Waals surface area (Å²) in [5.74, 6) is 2.46. The summed E-state index contributed by atoms with van der Waals surface area (Å²) in [5, 5.41) is 12.4. The van der Waals surface area contributed by atoms with Gasteiger partial charge in [0.2, 0.25) is 11.6 Å². The number of hydrogen-bond donors (Lipinski definition) is 1. The van der Waals surface area contributed by atoms with Gasteiger partial charge in [0.05, 0.1) is 0 Å². The first-order valence-electron chi connectivity index (χ1n) is 8.24. The van der Waals surface area contributed by atoms with E-state index in [1.54, 1.807) is 12.1 Å². The van der Waals surface area contributed by atoms with E-state index in [1.165, 1.54) is 0 Å². The lowest BCUT2D eigenvalue weighted by Crippen LogP contribution is -2.13. The number of benzene rings is 1. The SMILES string of the molecule is CCC(C)Nc1oc(-c2ccc(COc3ccc(Br)cc3)o2)nc1C#N. The van der Waals surface area contributed by atoms with Gasteiger partial charge in [0.15, 0.2) is 5.76 Å². The van der Waals surface area contributed by atoms with Crippen LogP contribution in [0.5, 0.6) is 5.75 Å². The lowest BCUT2D eigenvalue weighted by atomic mass is 10.2. The molecule has 0 radical (unpaired) electrons. The number of oxazole rings is 1. The Hall–Kier alpha value is -2.72. The third kappa shape index (κ3) is 4.27. The second-order valence-corrected chi connectivity index (χ2v) is 6.69. The predicted octanol–water partition coefficient (Wildman–Crippen LogP) is 5.36. The molecule has 2 heterocycles. The lowest BCUT2D eigenvalue weighted by molar-refractivity contribution is 0.271. The molecule has 0 saturated carbocycles. The smallest absolute Gasteiger partial charge is 0.266 e. The van der Waals surface area contributed by atoms with Crippen LogP contribution in [-0.4, -0.2) is 11.0 Å². The van der Waals surface area contributed by atoms with Crippen molar-refractivity contribution >= 4 is 21.8 Å². The van der Waals surface area contributed by atoms with E-state index in [1.807, 2.05) is 44.2 Å². The summed E-state index contributed by atoms with van der Waals surface area (Å²) < 4.78 is 18.1. The predicted molar refractivity (Wildman–Crippen MR) is 101 cm³/mol. The van der Waals surface area contributed by atoms with Gasteiger partial charge in [0.1, 0.15) is 24.2 Å². The monoisotopic (exact) mass is 415 g/mol. The largest absolute Gasteiger partial charge is 0.486 e. The van der Waals surface area contributed by atoms with Gasteiger partial charge in [-0.2, -0.15) is 10.2 Å². The van der Waals surface area contributed by atoms with Crippen molar-refractivity contribution in [2.24, 2.45) is 0 Å². The summed E-state index contributed by atoms with van der Waals surface area (Å²) in [6, 6.07) is 13.3. The topological polar surface area (TPSA) is 84.2 Å². The Morgan fingerprint density at radius 2 is 2.00 bits per heavy atom. The van der Waals surface area contributed by atoms with Gasteiger partial charge >= 0.3 is 0 Å². The molecule has 6 nitrogen and oxygen atoms in total. The van der Waals surface area contributed by atoms with E-state index in [-0.39, 0.29) is 24.2 Å². The van der Waals surface area contributed by atoms with Crippen molar-refractivity contribution in [2.45, 2.75) is 32.9 Å². The Morgan fingerprint density at radius 1 is 1.23 bits per heavy atom. The zero-order valence-electron chi connectivity index (χ0n) is 14.5. The highest BCUT2D eigenvalue weighted by molar-refractivity contribution is 9.10. The van der Waals surface area contributed by atoms with E-state index in [0.29, 0.717) is 17.4 Å². The van der Waals surface area contributed by atoms with Gasteiger partial charge in [0, 0.05) is 10.5 Å². The molecule has 134 valence electrons. The highest BCUT2D eigenvalue weighted by Gasteiger charge is 2.18. The first kappa shape index (κ1) is 18.1. The number of rotatable bonds is 7. The summed E-state index contributed by atoms with van der Waals surface area (Å²) in [6.07, 6.45) is 0.902. The number of furan rings is 1. The third-order valence-electron chi connectivity index (χ3n) is 3.79. The molecule has 2 aromatic heterocycles. The Kier molecular flexibility index (Phi) is 5.64. The minimum absolute atomic E-state index is 0.175. The van der Waals surface area contributed by atoms with Gasteiger partial charge in [0.25, 0.3) is 5.89 Å². The third-order valence-corrected chi connectivity index (χ3v) is 4.32. The van der Waals surface area contributed by atoms with Crippen molar-refractivity contribution in [3.63, 3.8) is 0 Å². The van der Waals surface area contributed by atoms with Crippen molar-refractivity contribution in [2.75, 3.05) is 5.32 Å². The van der Waals surface area contributed by atoms with Gasteiger partial charge in [-0.25, -0.2) is 0 Å². The van der Waals surface area contributed by atoms with E-state index in [0.717, 1.165) is 16.6 Å². The standard InChI is InChI=1S/C19H18BrN3O3/c1-3-12(2)22-18-16(10-21)23-19(26-18)17-9-8-15(25-17)11-24-14-6-4-13(20)5-7-14/h4-9,12,22H,3,11H2,1-2H3. The second kappa shape index (κ2) is 8.11. The number of hydrogen-bond acceptors (Lipinski definition) is 6. The van der Waals surface area contributed by atoms with Crippen molar-refractivity contribution < 1.29 is 13.6 Å². The molecule has 1 atom stereocenters. The van der Waals surface area contributed by atoms with E-state index in [4.69, 9.17) is 13.6 Å². The number of ether oxygens (including phenoxy) is 1. The molecule has 7 heteroatoms. The van der Waals surface area contributed by atoms with Crippen LogP contribution in [0.15, 0.2) is 49.7 Å². The molecule has 1 aromatic carbocycles. The Balaban J connectivity index is 1.71. The van der Waals surface area contributed by atoms with Crippen molar-refractivity contribution in [1.82, 2.24) is 4.98 Å². The molecule has 0 saturated heterocycles. The quantitative estimate of drug-likeness (QED) is 0.558. The molecule has 0 aliphatic carbocycles. The molecule has 0 bridgehead atoms. The molecule has 0 aliphatic heterocycles. The molecule has 3 aromatic rings. The summed E-state index contributed by atoms with van der Waals surface area (Å²) >= 11 is 3.38. The highest BCUT2D eigenvalue weighted by Crippen LogP contribution is 2.28. The number of nitriles is 1.